The molecule has 1 N–H and O–H groups in total. The monoisotopic (exact) mass is 420 g/mol. The standard InChI is InChI=1S/C10H13BrN2O2.C5H10O2.C2H6O/c1-12-10(6-15-7-10)5-13-3-2-8(11)9(13)4-14;1-5(2,3)7-4-6;1-3-2/h2-4,12H,5-7H2,1H3;4H,1-3H3;1-2H3. The lowest BCUT2D eigenvalue weighted by Crippen LogP contribution is -2.61. The molecule has 144 valence electrons. The van der Waals surface area contributed by atoms with Crippen molar-refractivity contribution in [2.45, 2.75) is 38.5 Å². The van der Waals surface area contributed by atoms with E-state index in [2.05, 4.69) is 30.7 Å². The molecule has 0 amide bonds. The summed E-state index contributed by atoms with van der Waals surface area (Å²) in [5.41, 5.74) is 0.342. The Morgan fingerprint density at radius 1 is 1.36 bits per heavy atom. The number of methoxy groups -OCH3 is 1. The molecule has 0 saturated carbocycles. The highest BCUT2D eigenvalue weighted by Gasteiger charge is 2.37. The molecule has 1 aliphatic rings. The van der Waals surface area contributed by atoms with Crippen LogP contribution in [0.1, 0.15) is 31.3 Å². The van der Waals surface area contributed by atoms with Crippen LogP contribution < -0.4 is 5.32 Å². The number of halogens is 1. The average Bonchev–Trinajstić information content (AvgIpc) is 2.83. The van der Waals surface area contributed by atoms with Crippen LogP contribution in [0, 0.1) is 0 Å². The van der Waals surface area contributed by atoms with Crippen molar-refractivity contribution in [3.8, 4) is 0 Å². The van der Waals surface area contributed by atoms with Gasteiger partial charge in [-0.1, -0.05) is 0 Å². The summed E-state index contributed by atoms with van der Waals surface area (Å²) in [7, 11) is 5.17. The van der Waals surface area contributed by atoms with Gasteiger partial charge in [0.1, 0.15) is 5.60 Å². The molecule has 1 saturated heterocycles. The van der Waals surface area contributed by atoms with Crippen molar-refractivity contribution in [1.29, 1.82) is 0 Å². The fraction of sp³-hybridized carbons (Fsp3) is 0.647. The quantitative estimate of drug-likeness (QED) is 0.735. The molecule has 0 bridgehead atoms. The first-order valence-corrected chi connectivity index (χ1v) is 8.56. The Morgan fingerprint density at radius 3 is 2.20 bits per heavy atom. The minimum Gasteiger partial charge on any atom is -0.462 e. The molecule has 0 unspecified atom stereocenters. The number of nitrogens with one attached hydrogen (secondary N) is 1. The molecule has 0 aliphatic carbocycles. The number of hydrogen-bond acceptors (Lipinski definition) is 6. The van der Waals surface area contributed by atoms with Crippen LogP contribution in [0.25, 0.3) is 0 Å². The molecule has 0 spiro atoms. The van der Waals surface area contributed by atoms with Gasteiger partial charge < -0.3 is 24.1 Å². The van der Waals surface area contributed by atoms with Gasteiger partial charge in [0.25, 0.3) is 6.47 Å². The number of nitrogens with zero attached hydrogens (tertiary/aromatic N) is 1. The van der Waals surface area contributed by atoms with E-state index in [1.54, 1.807) is 14.2 Å². The summed E-state index contributed by atoms with van der Waals surface area (Å²) < 4.78 is 16.8. The van der Waals surface area contributed by atoms with Gasteiger partial charge >= 0.3 is 0 Å². The van der Waals surface area contributed by atoms with Crippen LogP contribution in [0.3, 0.4) is 0 Å². The van der Waals surface area contributed by atoms with E-state index in [1.165, 1.54) is 0 Å². The SMILES string of the molecule is CC(C)(C)OC=O.CNC1(Cn2ccc(Br)c2C=O)COC1.COC. The van der Waals surface area contributed by atoms with Crippen molar-refractivity contribution >= 4 is 28.7 Å². The number of hydrogen-bond donors (Lipinski definition) is 1. The van der Waals surface area contributed by atoms with Gasteiger partial charge in [0.15, 0.2) is 6.29 Å². The highest BCUT2D eigenvalue weighted by atomic mass is 79.9. The number of carbonyl (C=O) groups excluding carboxylic acids is 2. The van der Waals surface area contributed by atoms with Crippen molar-refractivity contribution in [3.63, 3.8) is 0 Å². The summed E-state index contributed by atoms with van der Waals surface area (Å²) in [6.45, 7) is 8.06. The molecule has 8 heteroatoms. The third kappa shape index (κ3) is 8.62. The lowest BCUT2D eigenvalue weighted by Gasteiger charge is -2.41. The van der Waals surface area contributed by atoms with Gasteiger partial charge in [-0.15, -0.1) is 0 Å². The van der Waals surface area contributed by atoms with Crippen LogP contribution in [0.5, 0.6) is 0 Å². The van der Waals surface area contributed by atoms with E-state index in [0.717, 1.165) is 17.3 Å². The van der Waals surface area contributed by atoms with Crippen LogP contribution in [-0.2, 0) is 25.5 Å². The average molecular weight is 421 g/mol. The lowest BCUT2D eigenvalue weighted by atomic mass is 9.98. The van der Waals surface area contributed by atoms with Gasteiger partial charge in [0.05, 0.1) is 24.4 Å². The summed E-state index contributed by atoms with van der Waals surface area (Å²) in [5, 5.41) is 3.25. The zero-order valence-corrected chi connectivity index (χ0v) is 17.4. The van der Waals surface area contributed by atoms with Gasteiger partial charge in [-0.3, -0.25) is 9.59 Å². The Balaban J connectivity index is 0.000000486. The van der Waals surface area contributed by atoms with Crippen molar-refractivity contribution < 1.29 is 23.8 Å². The van der Waals surface area contributed by atoms with Gasteiger partial charge in [-0.05, 0) is 49.8 Å². The van der Waals surface area contributed by atoms with Crippen molar-refractivity contribution in [1.82, 2.24) is 9.88 Å². The predicted octanol–water partition coefficient (Wildman–Crippen LogP) is 2.27. The van der Waals surface area contributed by atoms with Gasteiger partial charge in [0.2, 0.25) is 0 Å². The highest BCUT2D eigenvalue weighted by molar-refractivity contribution is 9.10. The van der Waals surface area contributed by atoms with E-state index in [-0.39, 0.29) is 11.1 Å². The topological polar surface area (TPSA) is 78.8 Å². The largest absolute Gasteiger partial charge is 0.462 e. The van der Waals surface area contributed by atoms with E-state index >= 15 is 0 Å². The minimum absolute atomic E-state index is 0.0176. The predicted molar refractivity (Wildman–Crippen MR) is 100.0 cm³/mol. The maximum atomic E-state index is 10.9. The number of aldehydes is 1. The van der Waals surface area contributed by atoms with Crippen molar-refractivity contribution in [2.24, 2.45) is 0 Å². The molecule has 1 aliphatic heterocycles. The molecule has 25 heavy (non-hydrogen) atoms. The van der Waals surface area contributed by atoms with Crippen molar-refractivity contribution in [3.05, 3.63) is 22.4 Å². The van der Waals surface area contributed by atoms with Gasteiger partial charge in [-0.25, -0.2) is 0 Å². The third-order valence-corrected chi connectivity index (χ3v) is 3.90. The Hall–Kier alpha value is -1.22. The molecule has 0 radical (unpaired) electrons. The molecule has 2 heterocycles. The van der Waals surface area contributed by atoms with Crippen LogP contribution in [0.4, 0.5) is 0 Å². The first-order valence-electron chi connectivity index (χ1n) is 7.76. The highest BCUT2D eigenvalue weighted by Crippen LogP contribution is 2.23. The second-order valence-electron chi connectivity index (χ2n) is 6.55. The van der Waals surface area contributed by atoms with Crippen LogP contribution in [-0.4, -0.2) is 62.9 Å². The Kier molecular flexibility index (Phi) is 10.8. The minimum atomic E-state index is -0.318. The lowest BCUT2D eigenvalue weighted by molar-refractivity contribution is -0.138. The first-order chi connectivity index (χ1) is 11.7. The Labute approximate surface area is 158 Å². The third-order valence-electron chi connectivity index (χ3n) is 3.23. The molecule has 0 atom stereocenters. The second kappa shape index (κ2) is 11.4. The van der Waals surface area contributed by atoms with Gasteiger partial charge in [0, 0.05) is 31.4 Å². The molecule has 1 aromatic heterocycles. The zero-order chi connectivity index (χ0) is 19.5. The van der Waals surface area contributed by atoms with Crippen LogP contribution in [0.15, 0.2) is 16.7 Å². The molecular weight excluding hydrogens is 392 g/mol. The number of carbonyl (C=O) groups is 2. The molecule has 2 rings (SSSR count). The molecule has 7 nitrogen and oxygen atoms in total. The normalized spacial score (nSPS) is 14.8. The molecular formula is C17H29BrN2O5. The number of aromatic nitrogens is 1. The molecule has 1 fully saturated rings. The second-order valence-corrected chi connectivity index (χ2v) is 7.41. The number of rotatable bonds is 5. The summed E-state index contributed by atoms with van der Waals surface area (Å²) in [5.74, 6) is 0. The summed E-state index contributed by atoms with van der Waals surface area (Å²) in [4.78, 5) is 20.5. The summed E-state index contributed by atoms with van der Waals surface area (Å²) >= 11 is 3.34. The molecule has 0 aromatic carbocycles. The molecule has 1 aromatic rings. The fourth-order valence-corrected chi connectivity index (χ4v) is 2.29. The van der Waals surface area contributed by atoms with E-state index < -0.39 is 0 Å². The number of ether oxygens (including phenoxy) is 3. The van der Waals surface area contributed by atoms with Gasteiger partial charge in [-0.2, -0.15) is 0 Å². The van der Waals surface area contributed by atoms with Crippen LogP contribution in [0.2, 0.25) is 0 Å². The number of likely N-dealkylation sites (N-methyl/N-ethyl adjacent to an activating group) is 1. The van der Waals surface area contributed by atoms with Crippen LogP contribution >= 0.6 is 15.9 Å². The van der Waals surface area contributed by atoms with E-state index in [4.69, 9.17) is 4.74 Å². The summed E-state index contributed by atoms with van der Waals surface area (Å²) in [6, 6.07) is 1.88. The first kappa shape index (κ1) is 23.8. The fourth-order valence-electron chi connectivity index (χ4n) is 1.85. The van der Waals surface area contributed by atoms with E-state index in [0.29, 0.717) is 25.4 Å². The zero-order valence-electron chi connectivity index (χ0n) is 15.8. The maximum absolute atomic E-state index is 10.9. The Morgan fingerprint density at radius 2 is 1.92 bits per heavy atom. The van der Waals surface area contributed by atoms with Crippen molar-refractivity contribution in [2.75, 3.05) is 34.5 Å². The Bertz CT molecular complexity index is 516. The van der Waals surface area contributed by atoms with E-state index in [1.807, 2.05) is 44.6 Å². The van der Waals surface area contributed by atoms with E-state index in [9.17, 15) is 9.59 Å². The smallest absolute Gasteiger partial charge is 0.293 e. The maximum Gasteiger partial charge on any atom is 0.293 e. The summed E-state index contributed by atoms with van der Waals surface area (Å²) in [6.07, 6.45) is 2.78.